The lowest BCUT2D eigenvalue weighted by atomic mass is 10.0. The zero-order valence-corrected chi connectivity index (χ0v) is 19.3. The maximum Gasteiger partial charge on any atom is 0.255 e. The fourth-order valence-corrected chi connectivity index (χ4v) is 3.59. The number of anilines is 2. The van der Waals surface area contributed by atoms with Crippen molar-refractivity contribution in [3.05, 3.63) is 76.7 Å². The summed E-state index contributed by atoms with van der Waals surface area (Å²) in [5.41, 5.74) is 3.71. The van der Waals surface area contributed by atoms with E-state index in [-0.39, 0.29) is 11.4 Å². The van der Waals surface area contributed by atoms with Gasteiger partial charge in [-0.3, -0.25) is 10.0 Å². The minimum absolute atomic E-state index is 0.00916. The van der Waals surface area contributed by atoms with Gasteiger partial charge >= 0.3 is 0 Å². The molecule has 0 bridgehead atoms. The van der Waals surface area contributed by atoms with Crippen molar-refractivity contribution in [2.45, 2.75) is 19.3 Å². The van der Waals surface area contributed by atoms with Crippen LogP contribution in [0.2, 0.25) is 5.02 Å². The summed E-state index contributed by atoms with van der Waals surface area (Å²) in [5.74, 6) is 6.64. The Morgan fingerprint density at radius 2 is 2.06 bits per heavy atom. The van der Waals surface area contributed by atoms with Crippen molar-refractivity contribution in [3.8, 4) is 17.6 Å². The average molecular weight is 495 g/mol. The van der Waals surface area contributed by atoms with Crippen LogP contribution < -0.4 is 15.5 Å². The Labute approximate surface area is 205 Å². The lowest BCUT2D eigenvalue weighted by molar-refractivity contribution is -0.128. The van der Waals surface area contributed by atoms with Gasteiger partial charge < -0.3 is 14.5 Å². The predicted octanol–water partition coefficient (Wildman–Crippen LogP) is 4.80. The van der Waals surface area contributed by atoms with E-state index in [4.69, 9.17) is 26.0 Å². The van der Waals surface area contributed by atoms with Crippen LogP contribution in [0.25, 0.3) is 10.9 Å². The highest BCUT2D eigenvalue weighted by atomic mass is 35.5. The normalized spacial score (nSPS) is 10.5. The third-order valence-electron chi connectivity index (χ3n) is 5.11. The summed E-state index contributed by atoms with van der Waals surface area (Å²) in [6, 6.07) is 11.7. The highest BCUT2D eigenvalue weighted by molar-refractivity contribution is 6.31. The van der Waals surface area contributed by atoms with E-state index < -0.39 is 11.7 Å². The van der Waals surface area contributed by atoms with E-state index in [0.717, 1.165) is 10.9 Å². The maximum absolute atomic E-state index is 13.5. The number of nitrogens with zero attached hydrogens (tertiary/aromatic N) is 2. The number of hydrogen-bond donors (Lipinski definition) is 3. The largest absolute Gasteiger partial charge is 0.496 e. The molecule has 0 aliphatic carbocycles. The van der Waals surface area contributed by atoms with Gasteiger partial charge in [0.15, 0.2) is 5.76 Å². The summed E-state index contributed by atoms with van der Waals surface area (Å²) >= 11 is 5.90. The van der Waals surface area contributed by atoms with Crippen LogP contribution >= 0.6 is 11.6 Å². The Morgan fingerprint density at radius 1 is 1.20 bits per heavy atom. The number of rotatable bonds is 7. The molecule has 2 aromatic heterocycles. The van der Waals surface area contributed by atoms with Crippen LogP contribution in [0.1, 0.15) is 23.5 Å². The average Bonchev–Trinajstić information content (AvgIpc) is 3.32. The first-order valence-electron chi connectivity index (χ1n) is 10.5. The number of halogens is 2. The highest BCUT2D eigenvalue weighted by Crippen LogP contribution is 2.31. The molecule has 1 amide bonds. The van der Waals surface area contributed by atoms with Gasteiger partial charge in [0.1, 0.15) is 29.5 Å². The highest BCUT2D eigenvalue weighted by Gasteiger charge is 2.13. The summed E-state index contributed by atoms with van der Waals surface area (Å²) in [6.07, 6.45) is 2.47. The summed E-state index contributed by atoms with van der Waals surface area (Å²) in [6.45, 7) is 0. The molecule has 0 aliphatic heterocycles. The van der Waals surface area contributed by atoms with Crippen molar-refractivity contribution in [1.29, 1.82) is 0 Å². The molecule has 0 saturated heterocycles. The van der Waals surface area contributed by atoms with E-state index >= 15 is 0 Å². The molecule has 8 nitrogen and oxygen atoms in total. The van der Waals surface area contributed by atoms with Gasteiger partial charge in [-0.05, 0) is 54.3 Å². The summed E-state index contributed by atoms with van der Waals surface area (Å²) in [4.78, 5) is 19.7. The number of carbonyl (C=O) groups is 1. The second-order valence-electron chi connectivity index (χ2n) is 7.44. The van der Waals surface area contributed by atoms with Crippen molar-refractivity contribution in [2.24, 2.45) is 0 Å². The van der Waals surface area contributed by atoms with E-state index in [0.29, 0.717) is 47.1 Å². The number of aromatic nitrogens is 2. The van der Waals surface area contributed by atoms with Gasteiger partial charge in [0.2, 0.25) is 0 Å². The molecular weight excluding hydrogens is 475 g/mol. The number of ether oxygens (including phenoxy) is 1. The number of amides is 1. The molecular formula is C25H20ClFN4O4. The lowest BCUT2D eigenvalue weighted by Gasteiger charge is -2.13. The molecule has 2 heterocycles. The number of methoxy groups -OCH3 is 1. The summed E-state index contributed by atoms with van der Waals surface area (Å²) in [7, 11) is 1.59. The molecule has 3 N–H and O–H groups in total. The number of aryl methyl sites for hydroxylation is 2. The number of nitrogens with one attached hydrogen (secondary N) is 2. The second kappa shape index (κ2) is 10.9. The smallest absolute Gasteiger partial charge is 0.255 e. The van der Waals surface area contributed by atoms with Crippen molar-refractivity contribution < 1.29 is 23.5 Å². The Morgan fingerprint density at radius 3 is 2.83 bits per heavy atom. The number of benzene rings is 2. The van der Waals surface area contributed by atoms with E-state index in [1.807, 2.05) is 18.2 Å². The summed E-state index contributed by atoms with van der Waals surface area (Å²) < 4.78 is 24.8. The van der Waals surface area contributed by atoms with Crippen molar-refractivity contribution in [2.75, 3.05) is 12.4 Å². The van der Waals surface area contributed by atoms with Crippen molar-refractivity contribution >= 4 is 39.9 Å². The first-order valence-corrected chi connectivity index (χ1v) is 10.9. The van der Waals surface area contributed by atoms with Crippen LogP contribution in [-0.2, 0) is 17.6 Å². The molecule has 4 rings (SSSR count). The van der Waals surface area contributed by atoms with Crippen LogP contribution in [-0.4, -0.2) is 28.2 Å². The summed E-state index contributed by atoms with van der Waals surface area (Å²) in [5, 5.41) is 12.4. The monoisotopic (exact) mass is 494 g/mol. The van der Waals surface area contributed by atoms with Crippen LogP contribution in [0, 0.1) is 17.7 Å². The molecule has 0 radical (unpaired) electrons. The Bertz CT molecular complexity index is 1440. The first-order chi connectivity index (χ1) is 17.0. The van der Waals surface area contributed by atoms with Gasteiger partial charge in [-0.15, -0.1) is 0 Å². The van der Waals surface area contributed by atoms with Gasteiger partial charge in [0, 0.05) is 23.6 Å². The molecule has 2 aromatic carbocycles. The number of carbonyl (C=O) groups excluding carboxylic acids is 1. The topological polar surface area (TPSA) is 110 Å². The Kier molecular flexibility index (Phi) is 7.45. The van der Waals surface area contributed by atoms with Gasteiger partial charge in [-0.25, -0.2) is 19.8 Å². The minimum Gasteiger partial charge on any atom is -0.496 e. The zero-order valence-electron chi connectivity index (χ0n) is 18.6. The Hall–Kier alpha value is -4.13. The van der Waals surface area contributed by atoms with Gasteiger partial charge in [0.25, 0.3) is 5.91 Å². The third-order valence-corrected chi connectivity index (χ3v) is 5.40. The second-order valence-corrected chi connectivity index (χ2v) is 7.84. The molecule has 4 aromatic rings. The molecule has 0 fully saturated rings. The molecule has 0 saturated carbocycles. The standard InChI is InChI=1S/C25H20ClFN4O4/c1-34-23-13-22-19(25(29-14-28-22)30-16-6-10-21(27)20(26)12-16)11-15(23)5-7-18-9-8-17(35-18)3-2-4-24(32)31-33/h6,8-14,33H,4-5,7H2,1H3,(H,31,32)(H,28,29,30). The van der Waals surface area contributed by atoms with Crippen molar-refractivity contribution in [3.63, 3.8) is 0 Å². The predicted molar refractivity (Wildman–Crippen MR) is 128 cm³/mol. The van der Waals surface area contributed by atoms with Gasteiger partial charge in [-0.1, -0.05) is 17.5 Å². The van der Waals surface area contributed by atoms with Crippen LogP contribution in [0.5, 0.6) is 5.75 Å². The molecule has 178 valence electrons. The van der Waals surface area contributed by atoms with Crippen LogP contribution in [0.4, 0.5) is 15.9 Å². The molecule has 0 unspecified atom stereocenters. The zero-order chi connectivity index (χ0) is 24.8. The fraction of sp³-hybridized carbons (Fsp3) is 0.160. The quantitative estimate of drug-likeness (QED) is 0.192. The first kappa shape index (κ1) is 24.0. The van der Waals surface area contributed by atoms with Crippen LogP contribution in [0.15, 0.2) is 53.2 Å². The number of hydrogen-bond acceptors (Lipinski definition) is 7. The third kappa shape index (κ3) is 5.87. The van der Waals surface area contributed by atoms with Gasteiger partial charge in [0.05, 0.1) is 24.1 Å². The molecule has 10 heteroatoms. The van der Waals surface area contributed by atoms with E-state index in [1.54, 1.807) is 19.2 Å². The molecule has 0 spiro atoms. The van der Waals surface area contributed by atoms with E-state index in [1.165, 1.54) is 23.9 Å². The number of hydroxylamine groups is 1. The number of fused-ring (bicyclic) bond motifs is 1. The number of furan rings is 1. The van der Waals surface area contributed by atoms with Crippen molar-refractivity contribution in [1.82, 2.24) is 15.4 Å². The SMILES string of the molecule is COc1cc2ncnc(Nc3ccc(F)c(Cl)c3)c2cc1CCc1ccc(C#CCC(=O)NO)o1. The molecule has 0 aliphatic rings. The van der Waals surface area contributed by atoms with E-state index in [9.17, 15) is 9.18 Å². The molecule has 35 heavy (non-hydrogen) atoms. The molecule has 0 atom stereocenters. The van der Waals surface area contributed by atoms with E-state index in [2.05, 4.69) is 27.1 Å². The van der Waals surface area contributed by atoms with Gasteiger partial charge in [-0.2, -0.15) is 0 Å². The Balaban J connectivity index is 1.55. The maximum atomic E-state index is 13.5. The minimum atomic E-state index is -0.590. The van der Waals surface area contributed by atoms with Crippen LogP contribution in [0.3, 0.4) is 0 Å². The lowest BCUT2D eigenvalue weighted by Crippen LogP contribution is -2.16. The fourth-order valence-electron chi connectivity index (χ4n) is 3.41.